The van der Waals surface area contributed by atoms with Gasteiger partial charge in [0.05, 0.1) is 5.69 Å². The van der Waals surface area contributed by atoms with Crippen molar-refractivity contribution in [1.29, 1.82) is 0 Å². The number of amides is 1. The van der Waals surface area contributed by atoms with Crippen LogP contribution in [0.5, 0.6) is 0 Å². The number of hydrogen-bond acceptors (Lipinski definition) is 4. The molecule has 0 unspecified atom stereocenters. The molecule has 0 spiro atoms. The zero-order valence-corrected chi connectivity index (χ0v) is 14.8. The average molecular weight is 390 g/mol. The van der Waals surface area contributed by atoms with Crippen molar-refractivity contribution in [3.05, 3.63) is 66.2 Å². The third-order valence-electron chi connectivity index (χ3n) is 2.75. The fourth-order valence-electron chi connectivity index (χ4n) is 1.71. The van der Waals surface area contributed by atoms with Crippen LogP contribution in [-0.4, -0.2) is 16.5 Å². The lowest BCUT2D eigenvalue weighted by Gasteiger charge is -2.24. The van der Waals surface area contributed by atoms with E-state index in [9.17, 15) is 4.79 Å². The van der Waals surface area contributed by atoms with Crippen LogP contribution < -0.4 is 10.6 Å². The van der Waals surface area contributed by atoms with Gasteiger partial charge in [0.1, 0.15) is 13.2 Å². The molecule has 0 atom stereocenters. The first-order valence-corrected chi connectivity index (χ1v) is 8.09. The van der Waals surface area contributed by atoms with Crippen molar-refractivity contribution in [2.75, 3.05) is 11.8 Å². The fourth-order valence-corrected chi connectivity index (χ4v) is 1.87. The summed E-state index contributed by atoms with van der Waals surface area (Å²) in [6, 6.07) is 18.5. The van der Waals surface area contributed by atoms with Crippen molar-refractivity contribution in [2.45, 2.75) is 10.4 Å². The Kier molecular flexibility index (Phi) is 6.99. The van der Waals surface area contributed by atoms with E-state index in [0.717, 1.165) is 5.56 Å². The van der Waals surface area contributed by atoms with E-state index in [4.69, 9.17) is 44.4 Å². The summed E-state index contributed by atoms with van der Waals surface area (Å²) in [6.07, 6.45) is -0.807. The topological polar surface area (TPSA) is 50.8 Å². The first-order valence-electron chi connectivity index (χ1n) is 6.96. The molecule has 128 valence electrons. The Balaban J connectivity index is 1.99. The largest absolute Gasteiger partial charge is 0.444 e. The highest BCUT2D eigenvalue weighted by Crippen LogP contribution is 2.26. The summed E-state index contributed by atoms with van der Waals surface area (Å²) < 4.78 is 3.16. The van der Waals surface area contributed by atoms with Gasteiger partial charge < -0.3 is 4.74 Å². The first-order chi connectivity index (χ1) is 11.4. The zero-order chi connectivity index (χ0) is 17.4. The van der Waals surface area contributed by atoms with Crippen molar-refractivity contribution in [3.8, 4) is 0 Å². The molecule has 5 nitrogen and oxygen atoms in total. The number of carbonyl (C=O) groups is 1. The lowest BCUT2D eigenvalue weighted by atomic mass is 10.2. The van der Waals surface area contributed by atoms with Gasteiger partial charge in [-0.05, 0) is 17.7 Å². The summed E-state index contributed by atoms with van der Waals surface area (Å²) >= 11 is 16.7. The molecular weight excluding hydrogens is 375 g/mol. The molecule has 0 aliphatic heterocycles. The molecule has 0 heterocycles. The van der Waals surface area contributed by atoms with Crippen LogP contribution in [0.1, 0.15) is 5.56 Å². The van der Waals surface area contributed by atoms with Gasteiger partial charge in [0.15, 0.2) is 0 Å². The van der Waals surface area contributed by atoms with Crippen LogP contribution in [0.4, 0.5) is 10.5 Å². The number of para-hydroxylation sites is 1. The second-order valence-electron chi connectivity index (χ2n) is 4.69. The van der Waals surface area contributed by atoms with Crippen molar-refractivity contribution in [1.82, 2.24) is 5.43 Å². The van der Waals surface area contributed by atoms with Gasteiger partial charge in [-0.25, -0.2) is 15.1 Å². The highest BCUT2D eigenvalue weighted by atomic mass is 35.6. The summed E-state index contributed by atoms with van der Waals surface area (Å²) in [7, 11) is 0. The molecule has 2 aromatic carbocycles. The Morgan fingerprint density at radius 2 is 1.58 bits per heavy atom. The number of hydrazine groups is 1. The minimum Gasteiger partial charge on any atom is -0.444 e. The first kappa shape index (κ1) is 18.7. The Morgan fingerprint density at radius 3 is 2.17 bits per heavy atom. The summed E-state index contributed by atoms with van der Waals surface area (Å²) in [5, 5.41) is 1.20. The number of hydrogen-bond donors (Lipinski definition) is 1. The highest BCUT2D eigenvalue weighted by Gasteiger charge is 2.23. The molecule has 2 rings (SSSR count). The molecule has 0 aromatic heterocycles. The average Bonchev–Trinajstić information content (AvgIpc) is 2.58. The number of alkyl halides is 3. The van der Waals surface area contributed by atoms with Crippen LogP contribution in [0.2, 0.25) is 0 Å². The molecule has 0 aliphatic rings. The van der Waals surface area contributed by atoms with Crippen LogP contribution in [0, 0.1) is 0 Å². The van der Waals surface area contributed by atoms with Gasteiger partial charge in [0, 0.05) is 0 Å². The number of halogens is 3. The maximum absolute atomic E-state index is 11.9. The van der Waals surface area contributed by atoms with Crippen LogP contribution in [0.3, 0.4) is 0 Å². The Labute approximate surface area is 154 Å². The minimum absolute atomic E-state index is 0.250. The molecule has 0 saturated heterocycles. The van der Waals surface area contributed by atoms with E-state index in [1.54, 1.807) is 12.1 Å². The van der Waals surface area contributed by atoms with E-state index < -0.39 is 9.89 Å². The summed E-state index contributed by atoms with van der Waals surface area (Å²) in [5.74, 6) is 0. The van der Waals surface area contributed by atoms with Gasteiger partial charge >= 0.3 is 6.09 Å². The predicted molar refractivity (Wildman–Crippen MR) is 94.9 cm³/mol. The second kappa shape index (κ2) is 8.99. The lowest BCUT2D eigenvalue weighted by Crippen LogP contribution is -2.43. The lowest BCUT2D eigenvalue weighted by molar-refractivity contribution is 0.0607. The normalized spacial score (nSPS) is 11.0. The third kappa shape index (κ3) is 6.84. The number of benzene rings is 2. The van der Waals surface area contributed by atoms with Crippen LogP contribution >= 0.6 is 34.8 Å². The zero-order valence-electron chi connectivity index (χ0n) is 12.5. The van der Waals surface area contributed by atoms with Gasteiger partial charge in [-0.15, -0.1) is 0 Å². The third-order valence-corrected chi connectivity index (χ3v) is 3.08. The number of carbonyl (C=O) groups excluding carboxylic acids is 1. The number of nitrogens with zero attached hydrogens (tertiary/aromatic N) is 1. The minimum atomic E-state index is -1.68. The van der Waals surface area contributed by atoms with E-state index in [1.165, 1.54) is 5.17 Å². The highest BCUT2D eigenvalue weighted by molar-refractivity contribution is 6.67. The monoisotopic (exact) mass is 388 g/mol. The van der Waals surface area contributed by atoms with Gasteiger partial charge in [-0.2, -0.15) is 5.17 Å². The van der Waals surface area contributed by atoms with Crippen molar-refractivity contribution < 1.29 is 14.4 Å². The summed E-state index contributed by atoms with van der Waals surface area (Å²) in [4.78, 5) is 17.5. The quantitative estimate of drug-likeness (QED) is 0.578. The molecule has 1 N–H and O–H groups in total. The molecule has 8 heteroatoms. The molecule has 24 heavy (non-hydrogen) atoms. The van der Waals surface area contributed by atoms with E-state index >= 15 is 0 Å². The van der Waals surface area contributed by atoms with Gasteiger partial charge in [-0.3, -0.25) is 0 Å². The summed E-state index contributed by atoms with van der Waals surface area (Å²) in [5.41, 5.74) is 4.00. The fraction of sp³-hybridized carbons (Fsp3) is 0.188. The molecule has 0 aliphatic carbocycles. The van der Waals surface area contributed by atoms with Crippen molar-refractivity contribution in [2.24, 2.45) is 0 Å². The Hall–Kier alpha value is -1.66. The number of ether oxygens (including phenoxy) is 1. The predicted octanol–water partition coefficient (Wildman–Crippen LogP) is 4.64. The van der Waals surface area contributed by atoms with Crippen LogP contribution in [0.25, 0.3) is 0 Å². The van der Waals surface area contributed by atoms with Crippen molar-refractivity contribution in [3.63, 3.8) is 0 Å². The Bertz CT molecular complexity index is 636. The molecular formula is C16H15Cl3N2O3. The number of anilines is 1. The van der Waals surface area contributed by atoms with Crippen LogP contribution in [0.15, 0.2) is 60.7 Å². The van der Waals surface area contributed by atoms with Crippen molar-refractivity contribution >= 4 is 46.6 Å². The Morgan fingerprint density at radius 1 is 1.00 bits per heavy atom. The molecule has 1 amide bonds. The maximum Gasteiger partial charge on any atom is 0.428 e. The van der Waals surface area contributed by atoms with E-state index in [-0.39, 0.29) is 13.2 Å². The summed E-state index contributed by atoms with van der Waals surface area (Å²) in [6.45, 7) is -0.134. The number of rotatable bonds is 6. The van der Waals surface area contributed by atoms with Gasteiger partial charge in [0.2, 0.25) is 3.79 Å². The standard InChI is InChI=1S/C16H15Cl3N2O3/c17-16(18,19)12-23-15(22)20-21(14-9-5-2-6-10-14)24-11-13-7-3-1-4-8-13/h1-10H,11-12H2,(H,20,22). The van der Waals surface area contributed by atoms with Crippen LogP contribution in [-0.2, 0) is 16.2 Å². The molecule has 0 saturated carbocycles. The smallest absolute Gasteiger partial charge is 0.428 e. The van der Waals surface area contributed by atoms with E-state index in [2.05, 4.69) is 5.43 Å². The number of nitrogens with one attached hydrogen (secondary N) is 1. The molecule has 0 radical (unpaired) electrons. The van der Waals surface area contributed by atoms with Gasteiger partial charge in [0.25, 0.3) is 0 Å². The van der Waals surface area contributed by atoms with E-state index in [0.29, 0.717) is 5.69 Å². The second-order valence-corrected chi connectivity index (χ2v) is 7.21. The maximum atomic E-state index is 11.9. The SMILES string of the molecule is O=C(NN(OCc1ccccc1)c1ccccc1)OCC(Cl)(Cl)Cl. The van der Waals surface area contributed by atoms with Gasteiger partial charge in [-0.1, -0.05) is 83.3 Å². The molecule has 0 bridgehead atoms. The van der Waals surface area contributed by atoms with E-state index in [1.807, 2.05) is 48.5 Å². The molecule has 0 fully saturated rings. The molecule has 2 aromatic rings.